The lowest BCUT2D eigenvalue weighted by molar-refractivity contribution is -0.131. The molecule has 7 nitrogen and oxygen atoms in total. The quantitative estimate of drug-likeness (QED) is 0.387. The van der Waals surface area contributed by atoms with Gasteiger partial charge in [0.25, 0.3) is 0 Å². The van der Waals surface area contributed by atoms with Crippen molar-refractivity contribution < 1.29 is 29.3 Å². The minimum Gasteiger partial charge on any atom is -0.491 e. The van der Waals surface area contributed by atoms with Crippen molar-refractivity contribution in [3.8, 4) is 5.75 Å². The number of aliphatic hydroxyl groups excluding tert-OH is 1. The Bertz CT molecular complexity index is 789. The molecule has 2 aromatic rings. The summed E-state index contributed by atoms with van der Waals surface area (Å²) < 4.78 is 11.0. The van der Waals surface area contributed by atoms with Crippen LogP contribution in [-0.4, -0.2) is 35.5 Å². The van der Waals surface area contributed by atoms with Gasteiger partial charge in [0.1, 0.15) is 18.5 Å². The average molecular weight is 399 g/mol. The molecule has 2 aromatic carbocycles. The topological polar surface area (TPSA) is 105 Å². The first-order valence-electron chi connectivity index (χ1n) is 9.34. The lowest BCUT2D eigenvalue weighted by Gasteiger charge is -2.19. The number of anilines is 1. The molecule has 0 aliphatic carbocycles. The summed E-state index contributed by atoms with van der Waals surface area (Å²) >= 11 is 0. The van der Waals surface area contributed by atoms with Gasteiger partial charge in [0.05, 0.1) is 6.61 Å². The Morgan fingerprint density at radius 2 is 1.79 bits per heavy atom. The van der Waals surface area contributed by atoms with E-state index in [-0.39, 0.29) is 13.2 Å². The molecule has 0 saturated heterocycles. The number of allylic oxidation sites excluding steroid dienone is 1. The molecular weight excluding hydrogens is 374 g/mol. The second-order valence-electron chi connectivity index (χ2n) is 6.20. The zero-order valence-corrected chi connectivity index (χ0v) is 16.0. The first-order chi connectivity index (χ1) is 14.1. The number of aliphatic carboxylic acids is 1. The molecule has 1 atom stereocenters. The van der Waals surface area contributed by atoms with Crippen LogP contribution in [0.5, 0.6) is 5.75 Å². The standard InChI is InChI=1S/C22H25NO6/c24-15-16-28-19-13-11-17(12-14-19)20(9-5-2-6-10-21(25)26)29-22(27)23-18-7-3-1-4-8-18/h1,3-4,6-8,10-14,20,24H,2,5,9,15-16H2,(H,23,27)(H,25,26)/b10-6+/t20-/m0/s1. The number of carboxylic acid groups (broad SMARTS) is 1. The molecule has 0 unspecified atom stereocenters. The van der Waals surface area contributed by atoms with Crippen molar-refractivity contribution in [3.05, 3.63) is 72.3 Å². The molecule has 0 aliphatic rings. The Morgan fingerprint density at radius 3 is 2.45 bits per heavy atom. The molecule has 0 fully saturated rings. The fourth-order valence-electron chi connectivity index (χ4n) is 2.64. The predicted molar refractivity (Wildman–Crippen MR) is 109 cm³/mol. The third-order valence-corrected chi connectivity index (χ3v) is 3.98. The largest absolute Gasteiger partial charge is 0.491 e. The van der Waals surface area contributed by atoms with E-state index in [9.17, 15) is 9.59 Å². The molecule has 154 valence electrons. The highest BCUT2D eigenvalue weighted by Gasteiger charge is 2.17. The lowest BCUT2D eigenvalue weighted by atomic mass is 10.0. The molecule has 0 heterocycles. The van der Waals surface area contributed by atoms with E-state index in [1.165, 1.54) is 0 Å². The summed E-state index contributed by atoms with van der Waals surface area (Å²) in [5.41, 5.74) is 1.43. The van der Waals surface area contributed by atoms with Crippen molar-refractivity contribution in [2.24, 2.45) is 0 Å². The number of carboxylic acids is 1. The normalized spacial score (nSPS) is 11.8. The van der Waals surface area contributed by atoms with Gasteiger partial charge in [-0.2, -0.15) is 0 Å². The van der Waals surface area contributed by atoms with Crippen LogP contribution in [0.25, 0.3) is 0 Å². The maximum Gasteiger partial charge on any atom is 0.412 e. The van der Waals surface area contributed by atoms with Gasteiger partial charge in [0.2, 0.25) is 0 Å². The van der Waals surface area contributed by atoms with Crippen LogP contribution in [0, 0.1) is 0 Å². The Morgan fingerprint density at radius 1 is 1.07 bits per heavy atom. The third kappa shape index (κ3) is 8.49. The van der Waals surface area contributed by atoms with Crippen LogP contribution < -0.4 is 10.1 Å². The summed E-state index contributed by atoms with van der Waals surface area (Å²) in [5.74, 6) is -0.377. The van der Waals surface area contributed by atoms with Crippen molar-refractivity contribution in [2.45, 2.75) is 25.4 Å². The molecule has 0 radical (unpaired) electrons. The number of amides is 1. The molecule has 2 rings (SSSR count). The van der Waals surface area contributed by atoms with Crippen LogP contribution in [0.1, 0.15) is 30.9 Å². The fourth-order valence-corrected chi connectivity index (χ4v) is 2.64. The van der Waals surface area contributed by atoms with Crippen LogP contribution in [0.3, 0.4) is 0 Å². The van der Waals surface area contributed by atoms with Gasteiger partial charge in [0, 0.05) is 11.8 Å². The zero-order valence-electron chi connectivity index (χ0n) is 16.0. The molecule has 3 N–H and O–H groups in total. The van der Waals surface area contributed by atoms with E-state index in [1.54, 1.807) is 42.5 Å². The third-order valence-electron chi connectivity index (χ3n) is 3.98. The molecule has 0 bridgehead atoms. The summed E-state index contributed by atoms with van der Waals surface area (Å²) in [6, 6.07) is 16.1. The average Bonchev–Trinajstić information content (AvgIpc) is 2.72. The van der Waals surface area contributed by atoms with E-state index in [0.29, 0.717) is 30.7 Å². The zero-order chi connectivity index (χ0) is 20.9. The van der Waals surface area contributed by atoms with Crippen molar-refractivity contribution in [1.82, 2.24) is 0 Å². The van der Waals surface area contributed by atoms with Gasteiger partial charge in [-0.15, -0.1) is 0 Å². The van der Waals surface area contributed by atoms with Gasteiger partial charge in [0.15, 0.2) is 0 Å². The second-order valence-corrected chi connectivity index (χ2v) is 6.20. The Kier molecular flexibility index (Phi) is 9.24. The van der Waals surface area contributed by atoms with Crippen molar-refractivity contribution in [1.29, 1.82) is 0 Å². The monoisotopic (exact) mass is 399 g/mol. The number of carbonyl (C=O) groups excluding carboxylic acids is 1. The summed E-state index contributed by atoms with van der Waals surface area (Å²) in [4.78, 5) is 22.9. The molecule has 7 heteroatoms. The number of hydrogen-bond donors (Lipinski definition) is 3. The van der Waals surface area contributed by atoms with E-state index < -0.39 is 18.2 Å². The minimum atomic E-state index is -0.987. The second kappa shape index (κ2) is 12.2. The van der Waals surface area contributed by atoms with E-state index in [1.807, 2.05) is 18.2 Å². The molecule has 1 amide bonds. The highest BCUT2D eigenvalue weighted by molar-refractivity contribution is 5.84. The first kappa shape index (κ1) is 22.0. The number of para-hydroxylation sites is 1. The molecular formula is C22H25NO6. The smallest absolute Gasteiger partial charge is 0.412 e. The van der Waals surface area contributed by atoms with Gasteiger partial charge in [-0.25, -0.2) is 9.59 Å². The van der Waals surface area contributed by atoms with Crippen molar-refractivity contribution in [2.75, 3.05) is 18.5 Å². The number of unbranched alkanes of at least 4 members (excludes halogenated alkanes) is 1. The Labute approximate surface area is 169 Å². The van der Waals surface area contributed by atoms with Gasteiger partial charge >= 0.3 is 12.1 Å². The van der Waals surface area contributed by atoms with E-state index >= 15 is 0 Å². The summed E-state index contributed by atoms with van der Waals surface area (Å²) in [5, 5.41) is 20.2. The van der Waals surface area contributed by atoms with Gasteiger partial charge in [-0.3, -0.25) is 5.32 Å². The van der Waals surface area contributed by atoms with E-state index in [0.717, 1.165) is 11.6 Å². The molecule has 29 heavy (non-hydrogen) atoms. The summed E-state index contributed by atoms with van der Waals surface area (Å²) in [6.45, 7) is 0.131. The lowest BCUT2D eigenvalue weighted by Crippen LogP contribution is -2.17. The van der Waals surface area contributed by atoms with Crippen LogP contribution in [0.4, 0.5) is 10.5 Å². The van der Waals surface area contributed by atoms with Crippen molar-refractivity contribution in [3.63, 3.8) is 0 Å². The SMILES string of the molecule is O=C(O)/C=C/CCC[C@H](OC(=O)Nc1ccccc1)c1ccc(OCCO)cc1. The van der Waals surface area contributed by atoms with Gasteiger partial charge in [-0.05, 0) is 49.1 Å². The molecule has 0 aromatic heterocycles. The van der Waals surface area contributed by atoms with Crippen LogP contribution in [0.15, 0.2) is 66.7 Å². The van der Waals surface area contributed by atoms with E-state index in [2.05, 4.69) is 5.32 Å². The number of benzene rings is 2. The maximum atomic E-state index is 12.3. The maximum absolute atomic E-state index is 12.3. The predicted octanol–water partition coefficient (Wildman–Crippen LogP) is 4.16. The fraction of sp³-hybridized carbons (Fsp3) is 0.273. The molecule has 0 saturated carbocycles. The number of ether oxygens (including phenoxy) is 2. The minimum absolute atomic E-state index is 0.0724. The number of aliphatic hydroxyl groups is 1. The highest BCUT2D eigenvalue weighted by Crippen LogP contribution is 2.26. The van der Waals surface area contributed by atoms with Crippen LogP contribution in [-0.2, 0) is 9.53 Å². The van der Waals surface area contributed by atoms with Gasteiger partial charge < -0.3 is 19.7 Å². The molecule has 0 aliphatic heterocycles. The first-order valence-corrected chi connectivity index (χ1v) is 9.34. The molecule has 0 spiro atoms. The number of carbonyl (C=O) groups is 2. The number of rotatable bonds is 11. The summed E-state index contributed by atoms with van der Waals surface area (Å²) in [6.07, 6.45) is 3.36. The Balaban J connectivity index is 2.01. The van der Waals surface area contributed by atoms with Crippen LogP contribution >= 0.6 is 0 Å². The van der Waals surface area contributed by atoms with Crippen LogP contribution in [0.2, 0.25) is 0 Å². The number of hydrogen-bond acceptors (Lipinski definition) is 5. The van der Waals surface area contributed by atoms with E-state index in [4.69, 9.17) is 19.7 Å². The summed E-state index contributed by atoms with van der Waals surface area (Å²) in [7, 11) is 0. The highest BCUT2D eigenvalue weighted by atomic mass is 16.6. The Hall–Kier alpha value is -3.32. The van der Waals surface area contributed by atoms with Gasteiger partial charge in [-0.1, -0.05) is 36.4 Å². The number of nitrogens with one attached hydrogen (secondary N) is 1. The van der Waals surface area contributed by atoms with Crippen molar-refractivity contribution >= 4 is 17.7 Å².